The molecule has 2 heterocycles. The highest BCUT2D eigenvalue weighted by Gasteiger charge is 2.12. The van der Waals surface area contributed by atoms with Crippen LogP contribution in [0.3, 0.4) is 0 Å². The Kier molecular flexibility index (Phi) is 2.74. The van der Waals surface area contributed by atoms with E-state index in [0.29, 0.717) is 0 Å². The van der Waals surface area contributed by atoms with Gasteiger partial charge in [0.05, 0.1) is 13.2 Å². The van der Waals surface area contributed by atoms with E-state index in [1.54, 1.807) is 18.5 Å². The quantitative estimate of drug-likeness (QED) is 0.697. The Bertz CT molecular complexity index is 304. The summed E-state index contributed by atoms with van der Waals surface area (Å²) in [7, 11) is 0. The van der Waals surface area contributed by atoms with Crippen LogP contribution in [0.2, 0.25) is 0 Å². The smallest absolute Gasteiger partial charge is 0.225 e. The van der Waals surface area contributed by atoms with Crippen molar-refractivity contribution in [2.24, 2.45) is 0 Å². The van der Waals surface area contributed by atoms with Crippen LogP contribution in [-0.2, 0) is 4.74 Å². The molecule has 0 radical (unpaired) electrons. The van der Waals surface area contributed by atoms with Gasteiger partial charge in [0.1, 0.15) is 0 Å². The molecule has 4 heteroatoms. The fourth-order valence-corrected chi connectivity index (χ4v) is 1.36. The first-order valence-corrected chi connectivity index (χ1v) is 4.67. The van der Waals surface area contributed by atoms with E-state index in [1.807, 2.05) is 0 Å². The monoisotopic (exact) mass is 191 g/mol. The molecule has 0 N–H and O–H groups in total. The Balaban J connectivity index is 2.11. The summed E-state index contributed by atoms with van der Waals surface area (Å²) >= 11 is 0. The lowest BCUT2D eigenvalue weighted by atomic mass is 10.3. The molecule has 1 aliphatic rings. The average molecular weight is 191 g/mol. The van der Waals surface area contributed by atoms with Crippen molar-refractivity contribution in [1.29, 1.82) is 0 Å². The summed E-state index contributed by atoms with van der Waals surface area (Å²) in [5.41, 5.74) is 0.946. The van der Waals surface area contributed by atoms with E-state index < -0.39 is 0 Å². The van der Waals surface area contributed by atoms with Gasteiger partial charge in [-0.25, -0.2) is 9.97 Å². The van der Waals surface area contributed by atoms with Crippen molar-refractivity contribution in [3.05, 3.63) is 24.5 Å². The second kappa shape index (κ2) is 4.19. The van der Waals surface area contributed by atoms with Gasteiger partial charge < -0.3 is 9.64 Å². The number of nitrogens with zero attached hydrogens (tertiary/aromatic N) is 3. The molecular weight excluding hydrogens is 178 g/mol. The van der Waals surface area contributed by atoms with Gasteiger partial charge in [0.25, 0.3) is 0 Å². The van der Waals surface area contributed by atoms with Crippen LogP contribution in [-0.4, -0.2) is 36.3 Å². The Morgan fingerprint density at radius 2 is 1.93 bits per heavy atom. The first kappa shape index (κ1) is 9.15. The van der Waals surface area contributed by atoms with Gasteiger partial charge >= 0.3 is 0 Å². The molecule has 74 valence electrons. The molecule has 2 rings (SSSR count). The summed E-state index contributed by atoms with van der Waals surface area (Å²) in [5, 5.41) is 0. The van der Waals surface area contributed by atoms with E-state index in [0.717, 1.165) is 37.8 Å². The fourth-order valence-electron chi connectivity index (χ4n) is 1.36. The van der Waals surface area contributed by atoms with Crippen LogP contribution in [0.1, 0.15) is 5.56 Å². The first-order chi connectivity index (χ1) is 6.90. The normalized spacial score (nSPS) is 16.7. The van der Waals surface area contributed by atoms with Crippen LogP contribution in [0.4, 0.5) is 5.95 Å². The Morgan fingerprint density at radius 1 is 1.29 bits per heavy atom. The third-order valence-corrected chi connectivity index (χ3v) is 2.19. The maximum absolute atomic E-state index is 5.25. The summed E-state index contributed by atoms with van der Waals surface area (Å²) in [6, 6.07) is 0. The number of ether oxygens (including phenoxy) is 1. The van der Waals surface area contributed by atoms with Crippen molar-refractivity contribution < 1.29 is 4.74 Å². The van der Waals surface area contributed by atoms with E-state index in [2.05, 4.69) is 21.4 Å². The van der Waals surface area contributed by atoms with Crippen molar-refractivity contribution in [2.75, 3.05) is 31.2 Å². The largest absolute Gasteiger partial charge is 0.378 e. The van der Waals surface area contributed by atoms with Crippen LogP contribution < -0.4 is 4.90 Å². The summed E-state index contributed by atoms with van der Waals surface area (Å²) in [5.74, 6) is 0.777. The van der Waals surface area contributed by atoms with Gasteiger partial charge in [-0.3, -0.25) is 0 Å². The molecule has 4 nitrogen and oxygen atoms in total. The molecule has 0 atom stereocenters. The zero-order valence-corrected chi connectivity index (χ0v) is 8.02. The molecule has 1 saturated heterocycles. The molecule has 14 heavy (non-hydrogen) atoms. The number of morpholine rings is 1. The standard InChI is InChI=1S/C10H13N3O/c1-2-9-7-11-10(12-8-9)13-3-5-14-6-4-13/h2,7-8H,1,3-6H2. The number of anilines is 1. The molecule has 1 aromatic rings. The molecule has 1 aliphatic heterocycles. The predicted molar refractivity (Wildman–Crippen MR) is 55.2 cm³/mol. The highest BCUT2D eigenvalue weighted by molar-refractivity contribution is 5.45. The van der Waals surface area contributed by atoms with Crippen molar-refractivity contribution in [3.63, 3.8) is 0 Å². The molecule has 0 bridgehead atoms. The van der Waals surface area contributed by atoms with Gasteiger partial charge in [-0.1, -0.05) is 12.7 Å². The van der Waals surface area contributed by atoms with Gasteiger partial charge in [0, 0.05) is 31.0 Å². The maximum atomic E-state index is 5.25. The van der Waals surface area contributed by atoms with E-state index in [9.17, 15) is 0 Å². The zero-order valence-electron chi connectivity index (χ0n) is 8.02. The maximum Gasteiger partial charge on any atom is 0.225 e. The molecule has 0 aliphatic carbocycles. The lowest BCUT2D eigenvalue weighted by Gasteiger charge is -2.26. The van der Waals surface area contributed by atoms with Crippen LogP contribution >= 0.6 is 0 Å². The third kappa shape index (κ3) is 1.90. The minimum absolute atomic E-state index is 0.757. The van der Waals surface area contributed by atoms with Crippen molar-refractivity contribution >= 4 is 12.0 Å². The van der Waals surface area contributed by atoms with Crippen molar-refractivity contribution in [1.82, 2.24) is 9.97 Å². The van der Waals surface area contributed by atoms with Crippen molar-refractivity contribution in [2.45, 2.75) is 0 Å². The second-order valence-electron chi connectivity index (χ2n) is 3.12. The number of rotatable bonds is 2. The summed E-state index contributed by atoms with van der Waals surface area (Å²) in [4.78, 5) is 10.6. The van der Waals surface area contributed by atoms with E-state index in [4.69, 9.17) is 4.74 Å². The third-order valence-electron chi connectivity index (χ3n) is 2.19. The topological polar surface area (TPSA) is 38.2 Å². The van der Waals surface area contributed by atoms with Crippen LogP contribution in [0.5, 0.6) is 0 Å². The van der Waals surface area contributed by atoms with E-state index in [-0.39, 0.29) is 0 Å². The van der Waals surface area contributed by atoms with Gasteiger partial charge in [-0.15, -0.1) is 0 Å². The number of hydrogen-bond acceptors (Lipinski definition) is 4. The average Bonchev–Trinajstić information content (AvgIpc) is 2.30. The lowest BCUT2D eigenvalue weighted by molar-refractivity contribution is 0.122. The molecule has 1 aromatic heterocycles. The Hall–Kier alpha value is -1.42. The fraction of sp³-hybridized carbons (Fsp3) is 0.400. The SMILES string of the molecule is C=Cc1cnc(N2CCOCC2)nc1. The molecule has 0 aromatic carbocycles. The van der Waals surface area contributed by atoms with E-state index in [1.165, 1.54) is 0 Å². The lowest BCUT2D eigenvalue weighted by Crippen LogP contribution is -2.37. The van der Waals surface area contributed by atoms with Crippen molar-refractivity contribution in [3.8, 4) is 0 Å². The second-order valence-corrected chi connectivity index (χ2v) is 3.12. The Morgan fingerprint density at radius 3 is 2.50 bits per heavy atom. The van der Waals surface area contributed by atoms with Gasteiger partial charge in [-0.2, -0.15) is 0 Å². The zero-order chi connectivity index (χ0) is 9.80. The summed E-state index contributed by atoms with van der Waals surface area (Å²) in [6.07, 6.45) is 5.30. The van der Waals surface area contributed by atoms with E-state index >= 15 is 0 Å². The molecule has 0 saturated carbocycles. The molecule has 0 spiro atoms. The predicted octanol–water partition coefficient (Wildman–Crippen LogP) is 0.956. The molecule has 1 fully saturated rings. The number of aromatic nitrogens is 2. The first-order valence-electron chi connectivity index (χ1n) is 4.67. The van der Waals surface area contributed by atoms with Gasteiger partial charge in [-0.05, 0) is 0 Å². The summed E-state index contributed by atoms with van der Waals surface area (Å²) < 4.78 is 5.25. The van der Waals surface area contributed by atoms with Gasteiger partial charge in [0.2, 0.25) is 5.95 Å². The minimum Gasteiger partial charge on any atom is -0.378 e. The van der Waals surface area contributed by atoms with Gasteiger partial charge in [0.15, 0.2) is 0 Å². The minimum atomic E-state index is 0.757. The highest BCUT2D eigenvalue weighted by atomic mass is 16.5. The van der Waals surface area contributed by atoms with Crippen LogP contribution in [0, 0.1) is 0 Å². The highest BCUT2D eigenvalue weighted by Crippen LogP contribution is 2.09. The van der Waals surface area contributed by atoms with Crippen LogP contribution in [0.25, 0.3) is 6.08 Å². The Labute approximate surface area is 83.2 Å². The molecular formula is C10H13N3O. The molecule has 0 unspecified atom stereocenters. The summed E-state index contributed by atoms with van der Waals surface area (Å²) in [6.45, 7) is 6.91. The van der Waals surface area contributed by atoms with Crippen LogP contribution in [0.15, 0.2) is 19.0 Å². The number of hydrogen-bond donors (Lipinski definition) is 0. The molecule has 0 amide bonds.